The molecule has 9 nitrogen and oxygen atoms in total. The number of nitrogens with zero attached hydrogens (tertiary/aromatic N) is 5. The summed E-state index contributed by atoms with van der Waals surface area (Å²) in [6, 6.07) is 9.64. The van der Waals surface area contributed by atoms with E-state index in [1.54, 1.807) is 0 Å². The van der Waals surface area contributed by atoms with E-state index in [0.717, 1.165) is 36.1 Å². The molecule has 0 radical (unpaired) electrons. The largest absolute Gasteiger partial charge is 0.365 e. The van der Waals surface area contributed by atoms with Crippen molar-refractivity contribution in [1.82, 2.24) is 14.5 Å². The lowest BCUT2D eigenvalue weighted by Gasteiger charge is -2.34. The van der Waals surface area contributed by atoms with Crippen molar-refractivity contribution < 1.29 is 9.72 Å². The summed E-state index contributed by atoms with van der Waals surface area (Å²) >= 11 is 0. The molecule has 0 spiro atoms. The highest BCUT2D eigenvalue weighted by Crippen LogP contribution is 2.32. The van der Waals surface area contributed by atoms with Crippen molar-refractivity contribution in [1.29, 1.82) is 0 Å². The van der Waals surface area contributed by atoms with E-state index in [9.17, 15) is 14.9 Å². The number of aromatic nitrogens is 3. The monoisotopic (exact) mass is 394 g/mol. The minimum absolute atomic E-state index is 0.0833. The van der Waals surface area contributed by atoms with Gasteiger partial charge in [-0.15, -0.1) is 0 Å². The lowest BCUT2D eigenvalue weighted by atomic mass is 10.0. The van der Waals surface area contributed by atoms with Crippen LogP contribution in [0.4, 0.5) is 11.5 Å². The summed E-state index contributed by atoms with van der Waals surface area (Å²) in [4.78, 5) is 33.2. The van der Waals surface area contributed by atoms with Gasteiger partial charge in [-0.05, 0) is 25.0 Å². The van der Waals surface area contributed by atoms with Crippen molar-refractivity contribution in [3.05, 3.63) is 58.0 Å². The summed E-state index contributed by atoms with van der Waals surface area (Å²) in [6.07, 6.45) is 3.73. The molecule has 0 aliphatic carbocycles. The first-order valence-electron chi connectivity index (χ1n) is 9.64. The Balaban J connectivity index is 1.60. The molecule has 1 amide bonds. The molecular formula is C20H22N6O3. The quantitative estimate of drug-likeness (QED) is 0.525. The fraction of sp³-hybridized carbons (Fsp3) is 0.350. The average Bonchev–Trinajstić information content (AvgIpc) is 3.12. The first kappa shape index (κ1) is 18.9. The molecule has 3 heterocycles. The number of hydrogen-bond acceptors (Lipinski definition) is 6. The molecule has 0 bridgehead atoms. The third-order valence-corrected chi connectivity index (χ3v) is 5.44. The number of imidazole rings is 1. The van der Waals surface area contributed by atoms with Crippen LogP contribution < -0.4 is 10.6 Å². The van der Waals surface area contributed by atoms with Gasteiger partial charge in [0, 0.05) is 31.6 Å². The molecule has 1 fully saturated rings. The van der Waals surface area contributed by atoms with Gasteiger partial charge in [0.1, 0.15) is 17.8 Å². The Hall–Kier alpha value is -3.49. The number of rotatable bonds is 5. The van der Waals surface area contributed by atoms with Crippen LogP contribution in [0.2, 0.25) is 0 Å². The number of piperidine rings is 1. The number of primary amides is 1. The third-order valence-electron chi connectivity index (χ3n) is 5.44. The van der Waals surface area contributed by atoms with E-state index in [-0.39, 0.29) is 11.3 Å². The molecule has 0 atom stereocenters. The Labute approximate surface area is 167 Å². The number of pyridine rings is 1. The second-order valence-electron chi connectivity index (χ2n) is 7.14. The van der Waals surface area contributed by atoms with Gasteiger partial charge in [0.25, 0.3) is 11.6 Å². The molecule has 1 aliphatic heterocycles. The molecule has 0 saturated carbocycles. The lowest BCUT2D eigenvalue weighted by molar-refractivity contribution is -0.385. The topological polar surface area (TPSA) is 120 Å². The number of amides is 1. The Kier molecular flexibility index (Phi) is 4.87. The van der Waals surface area contributed by atoms with Crippen LogP contribution in [-0.4, -0.2) is 38.5 Å². The Morgan fingerprint density at radius 2 is 2.03 bits per heavy atom. The molecule has 3 aromatic rings. The predicted octanol–water partition coefficient (Wildman–Crippen LogP) is 2.84. The van der Waals surface area contributed by atoms with Gasteiger partial charge in [-0.2, -0.15) is 0 Å². The van der Waals surface area contributed by atoms with E-state index in [0.29, 0.717) is 24.9 Å². The van der Waals surface area contributed by atoms with E-state index in [4.69, 9.17) is 10.7 Å². The van der Waals surface area contributed by atoms with Crippen molar-refractivity contribution >= 4 is 28.4 Å². The van der Waals surface area contributed by atoms with Crippen LogP contribution in [0.1, 0.15) is 42.0 Å². The van der Waals surface area contributed by atoms with Gasteiger partial charge in [0.2, 0.25) is 0 Å². The van der Waals surface area contributed by atoms with Gasteiger partial charge in [-0.1, -0.05) is 19.1 Å². The summed E-state index contributed by atoms with van der Waals surface area (Å²) in [5.41, 5.74) is 7.43. The first-order chi connectivity index (χ1) is 14.0. The maximum absolute atomic E-state index is 11.8. The normalized spacial score (nSPS) is 15.0. The third kappa shape index (κ3) is 3.39. The Morgan fingerprint density at radius 3 is 2.69 bits per heavy atom. The number of aryl methyl sites for hydroxylation is 1. The highest BCUT2D eigenvalue weighted by Gasteiger charge is 2.27. The summed E-state index contributed by atoms with van der Waals surface area (Å²) in [7, 11) is 0. The molecule has 1 aliphatic rings. The van der Waals surface area contributed by atoms with Gasteiger partial charge in [0.15, 0.2) is 0 Å². The van der Waals surface area contributed by atoms with Crippen molar-refractivity contribution in [3.63, 3.8) is 0 Å². The van der Waals surface area contributed by atoms with E-state index < -0.39 is 10.8 Å². The molecule has 1 aromatic carbocycles. The molecule has 4 rings (SSSR count). The fourth-order valence-corrected chi connectivity index (χ4v) is 4.07. The van der Waals surface area contributed by atoms with Crippen molar-refractivity contribution in [2.24, 2.45) is 5.73 Å². The van der Waals surface area contributed by atoms with Crippen LogP contribution in [0.15, 0.2) is 36.5 Å². The zero-order valence-corrected chi connectivity index (χ0v) is 16.1. The lowest BCUT2D eigenvalue weighted by Crippen LogP contribution is -2.37. The second kappa shape index (κ2) is 7.50. The highest BCUT2D eigenvalue weighted by atomic mass is 16.6. The maximum atomic E-state index is 11.8. The van der Waals surface area contributed by atoms with E-state index >= 15 is 0 Å². The fourth-order valence-electron chi connectivity index (χ4n) is 4.07. The van der Waals surface area contributed by atoms with Crippen LogP contribution in [0.25, 0.3) is 11.0 Å². The van der Waals surface area contributed by atoms with Crippen molar-refractivity contribution in [2.45, 2.75) is 32.2 Å². The number of carbonyl (C=O) groups excluding carboxylic acids is 1. The Bertz CT molecular complexity index is 1090. The van der Waals surface area contributed by atoms with E-state index in [2.05, 4.69) is 22.5 Å². The van der Waals surface area contributed by atoms with Crippen LogP contribution in [0.3, 0.4) is 0 Å². The minimum atomic E-state index is -0.716. The van der Waals surface area contributed by atoms with Gasteiger partial charge >= 0.3 is 0 Å². The zero-order valence-electron chi connectivity index (χ0n) is 16.1. The van der Waals surface area contributed by atoms with E-state index in [1.165, 1.54) is 12.3 Å². The number of nitrogens with two attached hydrogens (primary N) is 1. The van der Waals surface area contributed by atoms with Crippen LogP contribution >= 0.6 is 0 Å². The molecular weight excluding hydrogens is 372 g/mol. The number of nitro groups is 1. The first-order valence-corrected chi connectivity index (χ1v) is 9.64. The van der Waals surface area contributed by atoms with E-state index in [1.807, 2.05) is 23.1 Å². The van der Waals surface area contributed by atoms with Gasteiger partial charge in [-0.3, -0.25) is 14.9 Å². The van der Waals surface area contributed by atoms with Gasteiger partial charge in [0.05, 0.1) is 21.5 Å². The minimum Gasteiger partial charge on any atom is -0.365 e. The number of fused-ring (bicyclic) bond motifs is 1. The molecule has 1 saturated heterocycles. The van der Waals surface area contributed by atoms with Crippen molar-refractivity contribution in [3.8, 4) is 0 Å². The highest BCUT2D eigenvalue weighted by molar-refractivity contribution is 5.98. The molecule has 9 heteroatoms. The second-order valence-corrected chi connectivity index (χ2v) is 7.14. The van der Waals surface area contributed by atoms with Gasteiger partial charge < -0.3 is 15.2 Å². The van der Waals surface area contributed by atoms with Crippen LogP contribution in [0, 0.1) is 10.1 Å². The number of hydrogen-bond donors (Lipinski definition) is 1. The van der Waals surface area contributed by atoms with Crippen LogP contribution in [-0.2, 0) is 6.42 Å². The van der Waals surface area contributed by atoms with Crippen molar-refractivity contribution in [2.75, 3.05) is 18.0 Å². The zero-order chi connectivity index (χ0) is 20.5. The standard InChI is InChI=1S/C20H22N6O3/c1-2-18-23-16-5-3-4-6-17(16)25(18)13-7-9-24(10-8-13)20-15(19(21)27)11-14(12-22-20)26(28)29/h3-6,11-13H,2,7-10H2,1H3,(H2,21,27). The van der Waals surface area contributed by atoms with Gasteiger partial charge in [-0.25, -0.2) is 9.97 Å². The Morgan fingerprint density at radius 1 is 1.31 bits per heavy atom. The predicted molar refractivity (Wildman–Crippen MR) is 109 cm³/mol. The summed E-state index contributed by atoms with van der Waals surface area (Å²) < 4.78 is 2.32. The molecule has 2 N–H and O–H groups in total. The molecule has 2 aromatic heterocycles. The molecule has 0 unspecified atom stereocenters. The maximum Gasteiger partial charge on any atom is 0.288 e. The van der Waals surface area contributed by atoms with Crippen LogP contribution in [0.5, 0.6) is 0 Å². The average molecular weight is 394 g/mol. The summed E-state index contributed by atoms with van der Waals surface area (Å²) in [5.74, 6) is 0.760. The summed E-state index contributed by atoms with van der Waals surface area (Å²) in [5, 5.41) is 11.0. The number of benzene rings is 1. The smallest absolute Gasteiger partial charge is 0.288 e. The molecule has 29 heavy (non-hydrogen) atoms. The molecule has 150 valence electrons. The summed E-state index contributed by atoms with van der Waals surface area (Å²) in [6.45, 7) is 3.45. The number of anilines is 1. The SMILES string of the molecule is CCc1nc2ccccc2n1C1CCN(c2ncc([N+](=O)[O-])cc2C(N)=O)CC1. The number of carbonyl (C=O) groups is 1. The number of para-hydroxylation sites is 2.